The molecule has 0 aromatic carbocycles. The van der Waals surface area contributed by atoms with Crippen LogP contribution < -0.4 is 5.43 Å². The van der Waals surface area contributed by atoms with Crippen LogP contribution in [0.2, 0.25) is 18.1 Å². The molecule has 0 aromatic heterocycles. The molecule has 6 heteroatoms. The number of amides is 1. The fourth-order valence-corrected chi connectivity index (χ4v) is 3.47. The van der Waals surface area contributed by atoms with Crippen LogP contribution in [0.15, 0.2) is 0 Å². The van der Waals surface area contributed by atoms with Crippen LogP contribution in [-0.2, 0) is 9.16 Å². The van der Waals surface area contributed by atoms with Crippen LogP contribution in [0.5, 0.6) is 0 Å². The highest BCUT2D eigenvalue weighted by atomic mass is 28.4. The maximum Gasteiger partial charge on any atom is 0.422 e. The largest absolute Gasteiger partial charge is 0.446 e. The van der Waals surface area contributed by atoms with Crippen molar-refractivity contribution in [2.75, 3.05) is 13.1 Å². The third-order valence-corrected chi connectivity index (χ3v) is 8.84. The van der Waals surface area contributed by atoms with E-state index in [0.717, 1.165) is 25.9 Å². The minimum Gasteiger partial charge on any atom is -0.446 e. The summed E-state index contributed by atoms with van der Waals surface area (Å²) in [6.45, 7) is 16.7. The Morgan fingerprint density at radius 3 is 2.19 bits per heavy atom. The standard InChI is InChI=1S/C15H32N2O3Si/c1-12(2)19-14(18)16-17-10-8-13(9-11-17)20-21(6,7)15(3,4)5/h12-13H,8-11H2,1-7H3,(H,16,18). The van der Waals surface area contributed by atoms with Gasteiger partial charge in [-0.15, -0.1) is 0 Å². The van der Waals surface area contributed by atoms with E-state index in [0.29, 0.717) is 6.10 Å². The highest BCUT2D eigenvalue weighted by molar-refractivity contribution is 6.74. The molecule has 0 radical (unpaired) electrons. The predicted molar refractivity (Wildman–Crippen MR) is 87.6 cm³/mol. The van der Waals surface area contributed by atoms with E-state index in [9.17, 15) is 4.79 Å². The number of carbonyl (C=O) groups excluding carboxylic acids is 1. The zero-order valence-corrected chi connectivity index (χ0v) is 15.7. The monoisotopic (exact) mass is 316 g/mol. The van der Waals surface area contributed by atoms with Crippen molar-refractivity contribution >= 4 is 14.4 Å². The quantitative estimate of drug-likeness (QED) is 0.806. The smallest absolute Gasteiger partial charge is 0.422 e. The van der Waals surface area contributed by atoms with Gasteiger partial charge in [-0.1, -0.05) is 20.8 Å². The maximum absolute atomic E-state index is 11.6. The molecule has 0 aromatic rings. The number of hydrogen-bond donors (Lipinski definition) is 1. The zero-order valence-electron chi connectivity index (χ0n) is 14.7. The first-order valence-corrected chi connectivity index (χ1v) is 10.8. The lowest BCUT2D eigenvalue weighted by molar-refractivity contribution is 0.0443. The van der Waals surface area contributed by atoms with Crippen molar-refractivity contribution in [3.05, 3.63) is 0 Å². The Labute approximate surface area is 130 Å². The molecule has 0 saturated carbocycles. The maximum atomic E-state index is 11.6. The van der Waals surface area contributed by atoms with Gasteiger partial charge in [0.2, 0.25) is 0 Å². The van der Waals surface area contributed by atoms with E-state index in [-0.39, 0.29) is 17.2 Å². The van der Waals surface area contributed by atoms with E-state index < -0.39 is 8.32 Å². The normalized spacial score (nSPS) is 18.9. The van der Waals surface area contributed by atoms with Crippen molar-refractivity contribution in [3.8, 4) is 0 Å². The van der Waals surface area contributed by atoms with Crippen molar-refractivity contribution in [2.24, 2.45) is 0 Å². The van der Waals surface area contributed by atoms with Gasteiger partial charge in [-0.05, 0) is 44.8 Å². The zero-order chi connectivity index (χ0) is 16.3. The van der Waals surface area contributed by atoms with Gasteiger partial charge in [0.25, 0.3) is 0 Å². The summed E-state index contributed by atoms with van der Waals surface area (Å²) >= 11 is 0. The Kier molecular flexibility index (Phi) is 6.25. The number of ether oxygens (including phenoxy) is 1. The molecule has 124 valence electrons. The van der Waals surface area contributed by atoms with Crippen molar-refractivity contribution in [1.29, 1.82) is 0 Å². The van der Waals surface area contributed by atoms with Crippen LogP contribution in [0.1, 0.15) is 47.5 Å². The molecule has 21 heavy (non-hydrogen) atoms. The molecule has 0 unspecified atom stereocenters. The third kappa shape index (κ3) is 5.96. The lowest BCUT2D eigenvalue weighted by Gasteiger charge is -2.41. The highest BCUT2D eigenvalue weighted by Crippen LogP contribution is 2.38. The number of nitrogens with one attached hydrogen (secondary N) is 1. The van der Waals surface area contributed by atoms with E-state index in [1.807, 2.05) is 18.9 Å². The molecule has 0 spiro atoms. The van der Waals surface area contributed by atoms with E-state index in [1.165, 1.54) is 0 Å². The molecule has 1 amide bonds. The second-order valence-electron chi connectivity index (χ2n) is 7.63. The molecule has 1 saturated heterocycles. The van der Waals surface area contributed by atoms with Crippen molar-refractivity contribution in [3.63, 3.8) is 0 Å². The molecular weight excluding hydrogens is 284 g/mol. The fraction of sp³-hybridized carbons (Fsp3) is 0.933. The first-order valence-electron chi connectivity index (χ1n) is 7.91. The molecule has 0 bridgehead atoms. The Morgan fingerprint density at radius 2 is 1.76 bits per heavy atom. The summed E-state index contributed by atoms with van der Waals surface area (Å²) < 4.78 is 11.5. The van der Waals surface area contributed by atoms with Gasteiger partial charge >= 0.3 is 6.09 Å². The molecular formula is C15H32N2O3Si. The summed E-state index contributed by atoms with van der Waals surface area (Å²) in [4.78, 5) is 11.6. The number of hydrazine groups is 1. The molecule has 1 aliphatic heterocycles. The van der Waals surface area contributed by atoms with Crippen LogP contribution in [0.4, 0.5) is 4.79 Å². The Morgan fingerprint density at radius 1 is 1.24 bits per heavy atom. The summed E-state index contributed by atoms with van der Waals surface area (Å²) in [6, 6.07) is 0. The SMILES string of the molecule is CC(C)OC(=O)NN1CCC(O[Si](C)(C)C(C)(C)C)CC1. The van der Waals surface area contributed by atoms with E-state index >= 15 is 0 Å². The van der Waals surface area contributed by atoms with Crippen molar-refractivity contribution in [1.82, 2.24) is 10.4 Å². The van der Waals surface area contributed by atoms with Gasteiger partial charge in [0, 0.05) is 19.2 Å². The van der Waals surface area contributed by atoms with Gasteiger partial charge in [0.15, 0.2) is 8.32 Å². The summed E-state index contributed by atoms with van der Waals surface area (Å²) in [5.74, 6) is 0. The lowest BCUT2D eigenvalue weighted by Crippen LogP contribution is -2.51. The van der Waals surface area contributed by atoms with Gasteiger partial charge in [-0.2, -0.15) is 0 Å². The molecule has 0 atom stereocenters. The molecule has 1 heterocycles. The summed E-state index contributed by atoms with van der Waals surface area (Å²) in [5.41, 5.74) is 2.79. The molecule has 1 aliphatic rings. The van der Waals surface area contributed by atoms with Crippen LogP contribution in [0.25, 0.3) is 0 Å². The van der Waals surface area contributed by atoms with Gasteiger partial charge in [-0.25, -0.2) is 9.80 Å². The first kappa shape index (κ1) is 18.5. The van der Waals surface area contributed by atoms with Crippen LogP contribution in [0, 0.1) is 0 Å². The van der Waals surface area contributed by atoms with Crippen LogP contribution >= 0.6 is 0 Å². The number of piperidine rings is 1. The minimum absolute atomic E-state index is 0.0931. The van der Waals surface area contributed by atoms with E-state index in [2.05, 4.69) is 39.3 Å². The van der Waals surface area contributed by atoms with Crippen molar-refractivity contribution in [2.45, 2.75) is 77.8 Å². The number of nitrogens with zero attached hydrogens (tertiary/aromatic N) is 1. The number of hydrogen-bond acceptors (Lipinski definition) is 4. The lowest BCUT2D eigenvalue weighted by atomic mass is 10.1. The summed E-state index contributed by atoms with van der Waals surface area (Å²) in [6.07, 6.45) is 1.76. The Hall–Kier alpha value is -0.593. The number of rotatable bonds is 4. The Bertz CT molecular complexity index is 345. The molecule has 1 rings (SSSR count). The highest BCUT2D eigenvalue weighted by Gasteiger charge is 2.39. The van der Waals surface area contributed by atoms with E-state index in [4.69, 9.17) is 9.16 Å². The average Bonchev–Trinajstić information content (AvgIpc) is 2.28. The molecule has 0 aliphatic carbocycles. The molecule has 1 fully saturated rings. The second kappa shape index (κ2) is 7.11. The van der Waals surface area contributed by atoms with Crippen LogP contribution in [-0.4, -0.2) is 44.7 Å². The first-order chi connectivity index (χ1) is 9.51. The predicted octanol–water partition coefficient (Wildman–Crippen LogP) is 3.52. The van der Waals surface area contributed by atoms with Gasteiger partial charge in [0.1, 0.15) is 0 Å². The topological polar surface area (TPSA) is 50.8 Å². The van der Waals surface area contributed by atoms with Gasteiger partial charge in [-0.3, -0.25) is 5.43 Å². The minimum atomic E-state index is -1.70. The van der Waals surface area contributed by atoms with Gasteiger partial charge < -0.3 is 9.16 Å². The van der Waals surface area contributed by atoms with Crippen molar-refractivity contribution < 1.29 is 14.0 Å². The molecule has 1 N–H and O–H groups in total. The van der Waals surface area contributed by atoms with E-state index in [1.54, 1.807) is 0 Å². The molecule has 5 nitrogen and oxygen atoms in total. The number of carbonyl (C=O) groups is 1. The third-order valence-electron chi connectivity index (χ3n) is 4.30. The fourth-order valence-electron chi connectivity index (χ4n) is 2.05. The summed E-state index contributed by atoms with van der Waals surface area (Å²) in [7, 11) is -1.70. The average molecular weight is 317 g/mol. The summed E-state index contributed by atoms with van der Waals surface area (Å²) in [5, 5.41) is 2.17. The van der Waals surface area contributed by atoms with Crippen LogP contribution in [0.3, 0.4) is 0 Å². The second-order valence-corrected chi connectivity index (χ2v) is 12.4. The van der Waals surface area contributed by atoms with Gasteiger partial charge in [0.05, 0.1) is 6.10 Å². The Balaban J connectivity index is 2.37.